The monoisotopic (exact) mass is 363 g/mol. The first-order valence-electron chi connectivity index (χ1n) is 7.20. The summed E-state index contributed by atoms with van der Waals surface area (Å²) < 4.78 is 5.18. The average Bonchev–Trinajstić information content (AvgIpc) is 3.15. The van der Waals surface area contributed by atoms with Crippen LogP contribution in [-0.2, 0) is 16.1 Å². The number of aliphatic imine (C=N–C) groups is 1. The Morgan fingerprint density at radius 1 is 1.38 bits per heavy atom. The molecule has 2 heterocycles. The molecule has 1 unspecified atom stereocenters. The Bertz CT molecular complexity index is 777. The van der Waals surface area contributed by atoms with Gasteiger partial charge in [0.1, 0.15) is 11.0 Å². The zero-order chi connectivity index (χ0) is 16.9. The third-order valence-electron chi connectivity index (χ3n) is 3.21. The molecule has 2 aromatic rings. The lowest BCUT2D eigenvalue weighted by molar-refractivity contribution is -0.122. The molecule has 1 fully saturated rings. The van der Waals surface area contributed by atoms with Crippen molar-refractivity contribution < 1.29 is 14.0 Å². The SMILES string of the molecule is O=C(CC1SC(=NCc2ccco2)NC1=O)Nc1cccc(Cl)c1. The molecule has 0 aliphatic carbocycles. The Kier molecular flexibility index (Phi) is 5.22. The molecule has 1 saturated heterocycles. The molecule has 0 saturated carbocycles. The number of halogens is 1. The molecule has 1 aliphatic heterocycles. The van der Waals surface area contributed by atoms with Gasteiger partial charge in [0.15, 0.2) is 5.17 Å². The molecule has 0 radical (unpaired) electrons. The highest BCUT2D eigenvalue weighted by Gasteiger charge is 2.32. The Morgan fingerprint density at radius 2 is 2.25 bits per heavy atom. The average molecular weight is 364 g/mol. The van der Waals surface area contributed by atoms with Crippen LogP contribution in [0.2, 0.25) is 5.02 Å². The number of thioether (sulfide) groups is 1. The fraction of sp³-hybridized carbons (Fsp3) is 0.188. The highest BCUT2D eigenvalue weighted by molar-refractivity contribution is 8.15. The molecule has 24 heavy (non-hydrogen) atoms. The van der Waals surface area contributed by atoms with Crippen LogP contribution in [0.5, 0.6) is 0 Å². The summed E-state index contributed by atoms with van der Waals surface area (Å²) in [6.07, 6.45) is 1.63. The zero-order valence-corrected chi connectivity index (χ0v) is 14.1. The summed E-state index contributed by atoms with van der Waals surface area (Å²) in [6, 6.07) is 10.4. The van der Waals surface area contributed by atoms with Crippen LogP contribution in [0.1, 0.15) is 12.2 Å². The van der Waals surface area contributed by atoms with Crippen molar-refractivity contribution in [3.05, 3.63) is 53.4 Å². The van der Waals surface area contributed by atoms with Gasteiger partial charge in [0.05, 0.1) is 12.8 Å². The number of hydrogen-bond donors (Lipinski definition) is 2. The van der Waals surface area contributed by atoms with Gasteiger partial charge in [-0.25, -0.2) is 0 Å². The van der Waals surface area contributed by atoms with E-state index < -0.39 is 5.25 Å². The van der Waals surface area contributed by atoms with Crippen molar-refractivity contribution in [2.75, 3.05) is 5.32 Å². The maximum atomic E-state index is 12.1. The molecule has 8 heteroatoms. The molecule has 2 amide bonds. The molecule has 1 aromatic heterocycles. The van der Waals surface area contributed by atoms with E-state index in [1.807, 2.05) is 0 Å². The number of carbonyl (C=O) groups is 2. The van der Waals surface area contributed by atoms with E-state index in [2.05, 4.69) is 15.6 Å². The van der Waals surface area contributed by atoms with Gasteiger partial charge in [-0.3, -0.25) is 14.6 Å². The molecule has 1 aromatic carbocycles. The van der Waals surface area contributed by atoms with Gasteiger partial charge < -0.3 is 15.1 Å². The minimum absolute atomic E-state index is 0.0583. The summed E-state index contributed by atoms with van der Waals surface area (Å²) in [5, 5.41) is 5.94. The van der Waals surface area contributed by atoms with Crippen LogP contribution in [0, 0.1) is 0 Å². The molecule has 3 rings (SSSR count). The van der Waals surface area contributed by atoms with Crippen LogP contribution in [0.3, 0.4) is 0 Å². The van der Waals surface area contributed by atoms with Gasteiger partial charge in [-0.15, -0.1) is 0 Å². The number of amides is 2. The normalized spacial score (nSPS) is 18.6. The maximum Gasteiger partial charge on any atom is 0.240 e. The van der Waals surface area contributed by atoms with Gasteiger partial charge in [0.25, 0.3) is 0 Å². The van der Waals surface area contributed by atoms with Crippen LogP contribution < -0.4 is 10.6 Å². The number of hydrogen-bond acceptors (Lipinski definition) is 5. The van der Waals surface area contributed by atoms with Gasteiger partial charge in [-0.05, 0) is 30.3 Å². The molecular formula is C16H14ClN3O3S. The van der Waals surface area contributed by atoms with Crippen LogP contribution in [0.25, 0.3) is 0 Å². The van der Waals surface area contributed by atoms with Gasteiger partial charge in [0.2, 0.25) is 11.8 Å². The first-order valence-corrected chi connectivity index (χ1v) is 8.46. The highest BCUT2D eigenvalue weighted by Crippen LogP contribution is 2.24. The fourth-order valence-corrected chi connectivity index (χ4v) is 3.27. The number of anilines is 1. The van der Waals surface area contributed by atoms with E-state index in [9.17, 15) is 9.59 Å². The lowest BCUT2D eigenvalue weighted by atomic mass is 10.2. The first kappa shape index (κ1) is 16.6. The first-order chi connectivity index (χ1) is 11.6. The van der Waals surface area contributed by atoms with Crippen molar-refractivity contribution in [2.45, 2.75) is 18.2 Å². The Hall–Kier alpha value is -2.25. The van der Waals surface area contributed by atoms with E-state index in [1.165, 1.54) is 11.8 Å². The number of nitrogens with one attached hydrogen (secondary N) is 2. The Labute approximate surface area is 147 Å². The third kappa shape index (κ3) is 4.39. The van der Waals surface area contributed by atoms with Gasteiger partial charge in [-0.2, -0.15) is 0 Å². The van der Waals surface area contributed by atoms with Crippen molar-refractivity contribution in [3.63, 3.8) is 0 Å². The second-order valence-corrected chi connectivity index (χ2v) is 6.69. The third-order valence-corrected chi connectivity index (χ3v) is 4.57. The summed E-state index contributed by atoms with van der Waals surface area (Å²) in [4.78, 5) is 28.3. The van der Waals surface area contributed by atoms with Crippen molar-refractivity contribution in [3.8, 4) is 0 Å². The number of amidine groups is 1. The van der Waals surface area contributed by atoms with Crippen LogP contribution in [0.4, 0.5) is 5.69 Å². The van der Waals surface area contributed by atoms with E-state index in [-0.39, 0.29) is 18.2 Å². The molecule has 124 valence electrons. The number of nitrogens with zero attached hydrogens (tertiary/aromatic N) is 1. The van der Waals surface area contributed by atoms with E-state index >= 15 is 0 Å². The second-order valence-electron chi connectivity index (χ2n) is 5.06. The number of furan rings is 1. The van der Waals surface area contributed by atoms with Gasteiger partial charge in [0, 0.05) is 17.1 Å². The molecule has 0 bridgehead atoms. The standard InChI is InChI=1S/C16H14ClN3O3S/c17-10-3-1-4-11(7-10)19-14(21)8-13-15(22)20-16(24-13)18-9-12-5-2-6-23-12/h1-7,13H,8-9H2,(H,19,21)(H,18,20,22). The summed E-state index contributed by atoms with van der Waals surface area (Å²) in [6.45, 7) is 0.344. The summed E-state index contributed by atoms with van der Waals surface area (Å²) in [7, 11) is 0. The van der Waals surface area contributed by atoms with Crippen LogP contribution in [0.15, 0.2) is 52.1 Å². The number of rotatable bonds is 5. The van der Waals surface area contributed by atoms with Crippen molar-refractivity contribution >= 4 is 46.0 Å². The van der Waals surface area contributed by atoms with E-state index in [0.29, 0.717) is 28.2 Å². The van der Waals surface area contributed by atoms with Gasteiger partial charge in [-0.1, -0.05) is 29.4 Å². The van der Waals surface area contributed by atoms with E-state index in [4.69, 9.17) is 16.0 Å². The lowest BCUT2D eigenvalue weighted by Crippen LogP contribution is -2.28. The lowest BCUT2D eigenvalue weighted by Gasteiger charge is -2.07. The van der Waals surface area contributed by atoms with Crippen LogP contribution in [-0.4, -0.2) is 22.2 Å². The topological polar surface area (TPSA) is 83.7 Å². The molecular weight excluding hydrogens is 350 g/mol. The van der Waals surface area contributed by atoms with E-state index in [0.717, 1.165) is 0 Å². The second kappa shape index (κ2) is 7.55. The number of carbonyl (C=O) groups excluding carboxylic acids is 2. The van der Waals surface area contributed by atoms with Gasteiger partial charge >= 0.3 is 0 Å². The van der Waals surface area contributed by atoms with Crippen molar-refractivity contribution in [2.24, 2.45) is 4.99 Å². The Morgan fingerprint density at radius 3 is 3.00 bits per heavy atom. The maximum absolute atomic E-state index is 12.1. The van der Waals surface area contributed by atoms with Crippen molar-refractivity contribution in [1.29, 1.82) is 0 Å². The summed E-state index contributed by atoms with van der Waals surface area (Å²) in [5.41, 5.74) is 0.600. The molecule has 1 aliphatic rings. The highest BCUT2D eigenvalue weighted by atomic mass is 35.5. The number of benzene rings is 1. The predicted molar refractivity (Wildman–Crippen MR) is 94.1 cm³/mol. The molecule has 2 N–H and O–H groups in total. The molecule has 1 atom stereocenters. The quantitative estimate of drug-likeness (QED) is 0.855. The molecule has 0 spiro atoms. The predicted octanol–water partition coefficient (Wildman–Crippen LogP) is 3.05. The van der Waals surface area contributed by atoms with Crippen molar-refractivity contribution in [1.82, 2.24) is 5.32 Å². The van der Waals surface area contributed by atoms with E-state index in [1.54, 1.807) is 42.7 Å². The summed E-state index contributed by atoms with van der Waals surface area (Å²) >= 11 is 7.12. The largest absolute Gasteiger partial charge is 0.467 e. The smallest absolute Gasteiger partial charge is 0.240 e. The van der Waals surface area contributed by atoms with Crippen LogP contribution >= 0.6 is 23.4 Å². The fourth-order valence-electron chi connectivity index (χ4n) is 2.11. The molecule has 6 nitrogen and oxygen atoms in total. The minimum Gasteiger partial charge on any atom is -0.467 e. The zero-order valence-electron chi connectivity index (χ0n) is 12.5. The Balaban J connectivity index is 1.54. The summed E-state index contributed by atoms with van der Waals surface area (Å²) in [5.74, 6) is 0.233. The minimum atomic E-state index is -0.500.